The molecule has 0 heterocycles. The summed E-state index contributed by atoms with van der Waals surface area (Å²) >= 11 is 0. The van der Waals surface area contributed by atoms with Crippen molar-refractivity contribution in [1.82, 2.24) is 4.90 Å². The summed E-state index contributed by atoms with van der Waals surface area (Å²) in [6.07, 6.45) is 1.42. The lowest BCUT2D eigenvalue weighted by Crippen LogP contribution is -2.47. The van der Waals surface area contributed by atoms with E-state index in [0.29, 0.717) is 32.3 Å². The molecular weight excluding hydrogens is 272 g/mol. The van der Waals surface area contributed by atoms with E-state index in [1.165, 1.54) is 0 Å². The van der Waals surface area contributed by atoms with Crippen LogP contribution in [0.4, 0.5) is 0 Å². The summed E-state index contributed by atoms with van der Waals surface area (Å²) in [5, 5.41) is 0. The van der Waals surface area contributed by atoms with Gasteiger partial charge in [0, 0.05) is 26.8 Å². The van der Waals surface area contributed by atoms with Crippen molar-refractivity contribution in [2.45, 2.75) is 45.2 Å². The number of rotatable bonds is 12. The normalized spacial score (nSPS) is 15.8. The van der Waals surface area contributed by atoms with Crippen molar-refractivity contribution in [3.8, 4) is 0 Å². The molecule has 0 saturated carbocycles. The molecule has 0 aliphatic rings. The summed E-state index contributed by atoms with van der Waals surface area (Å²) in [4.78, 5) is 14.0. The lowest BCUT2D eigenvalue weighted by atomic mass is 9.97. The number of carbonyl (C=O) groups excluding carboxylic acids is 1. The molecule has 0 radical (unpaired) electrons. The van der Waals surface area contributed by atoms with Gasteiger partial charge in [0.15, 0.2) is 0 Å². The van der Waals surface area contributed by atoms with E-state index in [1.54, 1.807) is 28.1 Å². The second-order valence-corrected chi connectivity index (χ2v) is 5.57. The largest absolute Gasteiger partial charge is 0.465 e. The van der Waals surface area contributed by atoms with Crippen LogP contribution in [0.25, 0.3) is 0 Å². The first-order chi connectivity index (χ1) is 9.88. The summed E-state index contributed by atoms with van der Waals surface area (Å²) in [6.45, 7) is 9.01. The Morgan fingerprint density at radius 1 is 1.29 bits per heavy atom. The van der Waals surface area contributed by atoms with E-state index in [4.69, 9.17) is 19.9 Å². The van der Waals surface area contributed by atoms with Gasteiger partial charge in [-0.3, -0.25) is 9.69 Å². The third kappa shape index (κ3) is 8.36. The predicted octanol–water partition coefficient (Wildman–Crippen LogP) is 1.03. The van der Waals surface area contributed by atoms with Crippen LogP contribution < -0.4 is 5.73 Å². The van der Waals surface area contributed by atoms with Gasteiger partial charge in [0.25, 0.3) is 0 Å². The number of hydrogen-bond acceptors (Lipinski definition) is 6. The molecule has 0 aromatic carbocycles. The molecule has 2 atom stereocenters. The minimum atomic E-state index is -0.923. The molecule has 2 unspecified atom stereocenters. The molecule has 6 nitrogen and oxygen atoms in total. The van der Waals surface area contributed by atoms with Crippen molar-refractivity contribution in [2.24, 2.45) is 5.73 Å². The second kappa shape index (κ2) is 11.0. The van der Waals surface area contributed by atoms with Gasteiger partial charge in [-0.2, -0.15) is 0 Å². The van der Waals surface area contributed by atoms with Crippen LogP contribution >= 0.6 is 0 Å². The molecule has 0 rings (SSSR count). The maximum Gasteiger partial charge on any atom is 0.325 e. The van der Waals surface area contributed by atoms with E-state index >= 15 is 0 Å². The number of nitrogens with two attached hydrogens (primary N) is 1. The molecule has 0 bridgehead atoms. The van der Waals surface area contributed by atoms with Gasteiger partial charge in [-0.15, -0.1) is 0 Å². The third-order valence-corrected chi connectivity index (χ3v) is 3.50. The van der Waals surface area contributed by atoms with Crippen LogP contribution in [0.5, 0.6) is 0 Å². The van der Waals surface area contributed by atoms with Gasteiger partial charge in [-0.05, 0) is 40.2 Å². The number of hydrogen-bond donors (Lipinski definition) is 1. The second-order valence-electron chi connectivity index (χ2n) is 5.57. The van der Waals surface area contributed by atoms with Gasteiger partial charge in [0.2, 0.25) is 0 Å². The Labute approximate surface area is 128 Å². The zero-order chi connectivity index (χ0) is 16.3. The average molecular weight is 304 g/mol. The highest BCUT2D eigenvalue weighted by molar-refractivity contribution is 5.79. The molecule has 2 N–H and O–H groups in total. The van der Waals surface area contributed by atoms with Crippen molar-refractivity contribution < 1.29 is 19.0 Å². The van der Waals surface area contributed by atoms with E-state index in [-0.39, 0.29) is 5.97 Å². The third-order valence-electron chi connectivity index (χ3n) is 3.50. The van der Waals surface area contributed by atoms with Crippen molar-refractivity contribution >= 4 is 5.97 Å². The minimum Gasteiger partial charge on any atom is -0.465 e. The average Bonchev–Trinajstić information content (AvgIpc) is 2.42. The summed E-state index contributed by atoms with van der Waals surface area (Å²) in [5.41, 5.74) is 5.10. The van der Waals surface area contributed by atoms with Crippen molar-refractivity contribution in [3.63, 3.8) is 0 Å². The minimum absolute atomic E-state index is 0.303. The smallest absolute Gasteiger partial charge is 0.325 e. The monoisotopic (exact) mass is 304 g/mol. The number of ether oxygens (including phenoxy) is 3. The van der Waals surface area contributed by atoms with Gasteiger partial charge in [-0.1, -0.05) is 0 Å². The zero-order valence-electron chi connectivity index (χ0n) is 14.2. The van der Waals surface area contributed by atoms with E-state index in [1.807, 2.05) is 0 Å². The Kier molecular flexibility index (Phi) is 10.6. The van der Waals surface area contributed by atoms with E-state index in [9.17, 15) is 4.79 Å². The molecule has 21 heavy (non-hydrogen) atoms. The summed E-state index contributed by atoms with van der Waals surface area (Å²) in [6, 6.07) is 0.303. The van der Waals surface area contributed by atoms with Crippen LogP contribution in [0, 0.1) is 0 Å². The molecule has 0 aromatic rings. The topological polar surface area (TPSA) is 74.0 Å². The van der Waals surface area contributed by atoms with Gasteiger partial charge in [0.1, 0.15) is 5.54 Å². The first kappa shape index (κ1) is 20.3. The van der Waals surface area contributed by atoms with Gasteiger partial charge in [-0.25, -0.2) is 0 Å². The lowest BCUT2D eigenvalue weighted by Gasteiger charge is -2.30. The van der Waals surface area contributed by atoms with Gasteiger partial charge < -0.3 is 19.9 Å². The summed E-state index contributed by atoms with van der Waals surface area (Å²) in [5.74, 6) is -0.335. The Morgan fingerprint density at radius 2 is 1.95 bits per heavy atom. The Bertz CT molecular complexity index is 285. The molecule has 0 fully saturated rings. The molecular formula is C15H32N2O4. The fourth-order valence-corrected chi connectivity index (χ4v) is 2.16. The highest BCUT2D eigenvalue weighted by Gasteiger charge is 2.29. The van der Waals surface area contributed by atoms with E-state index in [2.05, 4.69) is 11.8 Å². The molecule has 0 spiro atoms. The van der Waals surface area contributed by atoms with E-state index < -0.39 is 5.54 Å². The molecule has 0 aliphatic carbocycles. The maximum atomic E-state index is 11.7. The van der Waals surface area contributed by atoms with E-state index in [0.717, 1.165) is 19.5 Å². The van der Waals surface area contributed by atoms with Gasteiger partial charge in [0.05, 0.1) is 19.8 Å². The van der Waals surface area contributed by atoms with Crippen LogP contribution in [-0.2, 0) is 19.0 Å². The Hall–Kier alpha value is -0.690. The number of carbonyl (C=O) groups is 1. The molecule has 6 heteroatoms. The van der Waals surface area contributed by atoms with Crippen LogP contribution in [0.3, 0.4) is 0 Å². The predicted molar refractivity (Wildman–Crippen MR) is 83.2 cm³/mol. The van der Waals surface area contributed by atoms with Crippen molar-refractivity contribution in [3.05, 3.63) is 0 Å². The summed E-state index contributed by atoms with van der Waals surface area (Å²) < 4.78 is 15.3. The van der Waals surface area contributed by atoms with Gasteiger partial charge >= 0.3 is 5.97 Å². The van der Waals surface area contributed by atoms with Crippen LogP contribution in [-0.4, -0.2) is 69.6 Å². The van der Waals surface area contributed by atoms with Crippen LogP contribution in [0.1, 0.15) is 33.6 Å². The molecule has 126 valence electrons. The first-order valence-electron chi connectivity index (χ1n) is 7.57. The SMILES string of the molecule is CCOC(=O)C(C)(N)CCCN(CCOC)C(C)COC. The lowest BCUT2D eigenvalue weighted by molar-refractivity contribution is -0.149. The highest BCUT2D eigenvalue weighted by atomic mass is 16.5. The zero-order valence-corrected chi connectivity index (χ0v) is 14.2. The molecule has 0 saturated heterocycles. The molecule has 0 amide bonds. The summed E-state index contributed by atoms with van der Waals surface area (Å²) in [7, 11) is 3.39. The number of nitrogens with zero attached hydrogens (tertiary/aromatic N) is 1. The molecule has 0 aromatic heterocycles. The quantitative estimate of drug-likeness (QED) is 0.543. The first-order valence-corrected chi connectivity index (χ1v) is 7.57. The fourth-order valence-electron chi connectivity index (χ4n) is 2.16. The van der Waals surface area contributed by atoms with Crippen LogP contribution in [0.15, 0.2) is 0 Å². The van der Waals surface area contributed by atoms with Crippen molar-refractivity contribution in [2.75, 3.05) is 47.1 Å². The maximum absolute atomic E-state index is 11.7. The number of esters is 1. The Morgan fingerprint density at radius 3 is 2.48 bits per heavy atom. The highest BCUT2D eigenvalue weighted by Crippen LogP contribution is 2.13. The number of methoxy groups -OCH3 is 2. The van der Waals surface area contributed by atoms with Crippen molar-refractivity contribution in [1.29, 1.82) is 0 Å². The Balaban J connectivity index is 4.30. The molecule has 0 aliphatic heterocycles. The van der Waals surface area contributed by atoms with Crippen LogP contribution in [0.2, 0.25) is 0 Å². The fraction of sp³-hybridized carbons (Fsp3) is 0.933. The standard InChI is InChI=1S/C15H32N2O4/c1-6-21-14(18)15(3,16)8-7-9-17(10-11-19-4)13(2)12-20-5/h13H,6-12,16H2,1-5H3.